The van der Waals surface area contributed by atoms with E-state index in [9.17, 15) is 0 Å². The fourth-order valence-corrected chi connectivity index (χ4v) is 2.43. The fraction of sp³-hybridized carbons (Fsp3) is 0.417. The molecule has 1 fully saturated rings. The molecule has 1 aromatic heterocycles. The summed E-state index contributed by atoms with van der Waals surface area (Å²) in [4.78, 5) is 0. The van der Waals surface area contributed by atoms with Crippen molar-refractivity contribution in [3.8, 4) is 11.4 Å². The van der Waals surface area contributed by atoms with Crippen LogP contribution in [0, 0.1) is 5.92 Å². The predicted molar refractivity (Wildman–Crippen MR) is 71.6 cm³/mol. The van der Waals surface area contributed by atoms with Crippen LogP contribution in [0.2, 0.25) is 5.02 Å². The van der Waals surface area contributed by atoms with Crippen molar-refractivity contribution < 1.29 is 4.74 Å². The van der Waals surface area contributed by atoms with Gasteiger partial charge in [0.25, 0.3) is 0 Å². The summed E-state index contributed by atoms with van der Waals surface area (Å²) in [5.74, 6) is 1.09. The molecule has 3 rings (SSSR count). The van der Waals surface area contributed by atoms with E-state index in [0.717, 1.165) is 31.7 Å². The van der Waals surface area contributed by atoms with E-state index in [1.807, 2.05) is 12.1 Å². The molecular weight excluding hydrogens is 266 g/mol. The molecule has 1 aliphatic heterocycles. The summed E-state index contributed by atoms with van der Waals surface area (Å²) < 4.78 is 7.13. The summed E-state index contributed by atoms with van der Waals surface area (Å²) in [6.45, 7) is 2.29. The van der Waals surface area contributed by atoms with Crippen molar-refractivity contribution in [2.75, 3.05) is 18.9 Å². The van der Waals surface area contributed by atoms with Crippen molar-refractivity contribution in [3.63, 3.8) is 0 Å². The van der Waals surface area contributed by atoms with Gasteiger partial charge in [-0.05, 0) is 29.0 Å². The number of halogens is 1. The summed E-state index contributed by atoms with van der Waals surface area (Å²) in [7, 11) is 0. The van der Waals surface area contributed by atoms with E-state index in [-0.39, 0.29) is 0 Å². The van der Waals surface area contributed by atoms with Crippen molar-refractivity contribution in [1.29, 1.82) is 0 Å². The summed E-state index contributed by atoms with van der Waals surface area (Å²) in [5, 5.41) is 12.3. The Labute approximate surface area is 115 Å². The molecule has 0 amide bonds. The number of aromatic nitrogens is 4. The zero-order chi connectivity index (χ0) is 13.2. The minimum absolute atomic E-state index is 0.446. The normalized spacial score (nSPS) is 18.9. The van der Waals surface area contributed by atoms with E-state index in [1.54, 1.807) is 10.7 Å². The lowest BCUT2D eigenvalue weighted by Gasteiger charge is -2.10. The molecule has 0 radical (unpaired) electrons. The molecule has 7 heteroatoms. The van der Waals surface area contributed by atoms with Crippen molar-refractivity contribution in [2.24, 2.45) is 5.92 Å². The van der Waals surface area contributed by atoms with Crippen LogP contribution in [0.25, 0.3) is 11.4 Å². The molecule has 1 saturated heterocycles. The molecule has 19 heavy (non-hydrogen) atoms. The minimum atomic E-state index is 0.446. The second-order valence-corrected chi connectivity index (χ2v) is 5.00. The Morgan fingerprint density at radius 2 is 2.37 bits per heavy atom. The van der Waals surface area contributed by atoms with Crippen LogP contribution in [-0.2, 0) is 11.3 Å². The number of benzene rings is 1. The minimum Gasteiger partial charge on any atom is -0.398 e. The van der Waals surface area contributed by atoms with Crippen LogP contribution in [0.1, 0.15) is 6.42 Å². The number of tetrazole rings is 1. The monoisotopic (exact) mass is 279 g/mol. The third-order valence-corrected chi connectivity index (χ3v) is 3.68. The fourth-order valence-electron chi connectivity index (χ4n) is 2.21. The molecule has 2 N–H and O–H groups in total. The SMILES string of the molecule is Nc1cccc(-c2nnnn2CC2CCOC2)c1Cl. The zero-order valence-electron chi connectivity index (χ0n) is 10.3. The second kappa shape index (κ2) is 5.14. The van der Waals surface area contributed by atoms with Gasteiger partial charge in [-0.1, -0.05) is 17.7 Å². The lowest BCUT2D eigenvalue weighted by atomic mass is 10.1. The number of rotatable bonds is 3. The van der Waals surface area contributed by atoms with E-state index in [0.29, 0.717) is 22.5 Å². The topological polar surface area (TPSA) is 78.9 Å². The van der Waals surface area contributed by atoms with Gasteiger partial charge < -0.3 is 10.5 Å². The lowest BCUT2D eigenvalue weighted by Crippen LogP contribution is -2.13. The molecule has 2 aromatic rings. The molecule has 1 aromatic carbocycles. The molecule has 1 unspecified atom stereocenters. The standard InChI is InChI=1S/C12H14ClN5O/c13-11-9(2-1-3-10(11)14)12-15-16-17-18(12)6-8-4-5-19-7-8/h1-3,8H,4-7,14H2. The number of nitrogens with two attached hydrogens (primary N) is 1. The van der Waals surface area contributed by atoms with Crippen molar-refractivity contribution in [1.82, 2.24) is 20.2 Å². The Kier molecular flexibility index (Phi) is 3.35. The highest BCUT2D eigenvalue weighted by Crippen LogP contribution is 2.31. The van der Waals surface area contributed by atoms with Crippen LogP contribution >= 0.6 is 11.6 Å². The maximum Gasteiger partial charge on any atom is 0.183 e. The van der Waals surface area contributed by atoms with Crippen LogP contribution in [0.15, 0.2) is 18.2 Å². The quantitative estimate of drug-likeness (QED) is 0.864. The summed E-state index contributed by atoms with van der Waals surface area (Å²) in [6, 6.07) is 5.46. The first-order valence-electron chi connectivity index (χ1n) is 6.14. The zero-order valence-corrected chi connectivity index (χ0v) is 11.0. The van der Waals surface area contributed by atoms with E-state index in [1.165, 1.54) is 0 Å². The number of hydrogen-bond acceptors (Lipinski definition) is 5. The average molecular weight is 280 g/mol. The van der Waals surface area contributed by atoms with Crippen LogP contribution in [0.5, 0.6) is 0 Å². The molecule has 0 bridgehead atoms. The molecule has 100 valence electrons. The number of nitrogen functional groups attached to an aromatic ring is 1. The Hall–Kier alpha value is -1.66. The Balaban J connectivity index is 1.92. The highest BCUT2D eigenvalue weighted by Gasteiger charge is 2.20. The lowest BCUT2D eigenvalue weighted by molar-refractivity contribution is 0.181. The van der Waals surface area contributed by atoms with Gasteiger partial charge in [-0.3, -0.25) is 0 Å². The van der Waals surface area contributed by atoms with Crippen LogP contribution in [0.3, 0.4) is 0 Å². The molecule has 1 aliphatic rings. The van der Waals surface area contributed by atoms with E-state index in [2.05, 4.69) is 15.5 Å². The summed E-state index contributed by atoms with van der Waals surface area (Å²) in [5.41, 5.74) is 7.09. The molecular formula is C12H14ClN5O. The summed E-state index contributed by atoms with van der Waals surface area (Å²) in [6.07, 6.45) is 1.03. The Bertz CT molecular complexity index is 579. The van der Waals surface area contributed by atoms with Gasteiger partial charge in [0.15, 0.2) is 5.82 Å². The summed E-state index contributed by atoms with van der Waals surface area (Å²) >= 11 is 6.21. The highest BCUT2D eigenvalue weighted by atomic mass is 35.5. The van der Waals surface area contributed by atoms with Gasteiger partial charge in [-0.25, -0.2) is 4.68 Å². The maximum atomic E-state index is 6.21. The predicted octanol–water partition coefficient (Wildman–Crippen LogP) is 1.61. The third kappa shape index (κ3) is 2.41. The van der Waals surface area contributed by atoms with Gasteiger partial charge in [0, 0.05) is 18.1 Å². The maximum absolute atomic E-state index is 6.21. The van der Waals surface area contributed by atoms with Gasteiger partial charge in [0.1, 0.15) is 0 Å². The Morgan fingerprint density at radius 1 is 1.47 bits per heavy atom. The first-order valence-corrected chi connectivity index (χ1v) is 6.52. The van der Waals surface area contributed by atoms with Gasteiger partial charge in [-0.15, -0.1) is 5.10 Å². The largest absolute Gasteiger partial charge is 0.398 e. The van der Waals surface area contributed by atoms with Crippen LogP contribution < -0.4 is 5.73 Å². The molecule has 0 spiro atoms. The molecule has 0 saturated carbocycles. The van der Waals surface area contributed by atoms with Gasteiger partial charge in [-0.2, -0.15) is 0 Å². The van der Waals surface area contributed by atoms with E-state index in [4.69, 9.17) is 22.1 Å². The third-order valence-electron chi connectivity index (χ3n) is 3.26. The average Bonchev–Trinajstić information content (AvgIpc) is 3.05. The first kappa shape index (κ1) is 12.4. The molecule has 6 nitrogen and oxygen atoms in total. The molecule has 1 atom stereocenters. The smallest absolute Gasteiger partial charge is 0.183 e. The van der Waals surface area contributed by atoms with Crippen molar-refractivity contribution in [3.05, 3.63) is 23.2 Å². The van der Waals surface area contributed by atoms with Crippen LogP contribution in [0.4, 0.5) is 5.69 Å². The van der Waals surface area contributed by atoms with Crippen LogP contribution in [-0.4, -0.2) is 33.4 Å². The Morgan fingerprint density at radius 3 is 3.16 bits per heavy atom. The molecule has 2 heterocycles. The number of hydrogen-bond donors (Lipinski definition) is 1. The highest BCUT2D eigenvalue weighted by molar-refractivity contribution is 6.35. The van der Waals surface area contributed by atoms with Gasteiger partial charge in [0.05, 0.1) is 23.9 Å². The number of anilines is 1. The van der Waals surface area contributed by atoms with E-state index < -0.39 is 0 Å². The van der Waals surface area contributed by atoms with Crippen molar-refractivity contribution >= 4 is 17.3 Å². The van der Waals surface area contributed by atoms with Crippen molar-refractivity contribution in [2.45, 2.75) is 13.0 Å². The number of nitrogens with zero attached hydrogens (tertiary/aromatic N) is 4. The van der Waals surface area contributed by atoms with Gasteiger partial charge in [0.2, 0.25) is 0 Å². The number of ether oxygens (including phenoxy) is 1. The first-order chi connectivity index (χ1) is 9.25. The van der Waals surface area contributed by atoms with Gasteiger partial charge >= 0.3 is 0 Å². The molecule has 0 aliphatic carbocycles. The van der Waals surface area contributed by atoms with E-state index >= 15 is 0 Å². The second-order valence-electron chi connectivity index (χ2n) is 4.62.